The van der Waals surface area contributed by atoms with Crippen LogP contribution in [0.25, 0.3) is 0 Å². The summed E-state index contributed by atoms with van der Waals surface area (Å²) >= 11 is 0. The van der Waals surface area contributed by atoms with Crippen molar-refractivity contribution in [3.05, 3.63) is 24.2 Å². The lowest BCUT2D eigenvalue weighted by molar-refractivity contribution is -0.129. The minimum absolute atomic E-state index is 0.0804. The number of nitrogens with zero attached hydrogens (tertiary/aromatic N) is 1. The Morgan fingerprint density at radius 1 is 1.24 bits per heavy atom. The van der Waals surface area contributed by atoms with Gasteiger partial charge in [-0.2, -0.15) is 0 Å². The Morgan fingerprint density at radius 2 is 2.00 bits per heavy atom. The molecule has 1 aromatic rings. The van der Waals surface area contributed by atoms with E-state index < -0.39 is 0 Å². The minimum atomic E-state index is -0.163. The van der Waals surface area contributed by atoms with Gasteiger partial charge in [-0.15, -0.1) is 0 Å². The van der Waals surface area contributed by atoms with Crippen molar-refractivity contribution in [1.82, 2.24) is 10.2 Å². The van der Waals surface area contributed by atoms with Crippen molar-refractivity contribution in [2.75, 3.05) is 6.54 Å². The molecule has 1 saturated heterocycles. The van der Waals surface area contributed by atoms with Gasteiger partial charge in [0, 0.05) is 19.0 Å². The van der Waals surface area contributed by atoms with Gasteiger partial charge in [0.1, 0.15) is 6.26 Å². The van der Waals surface area contributed by atoms with Gasteiger partial charge in [-0.1, -0.05) is 25.7 Å². The molecule has 3 rings (SSSR count). The molecule has 2 amide bonds. The lowest BCUT2D eigenvalue weighted by Crippen LogP contribution is -2.40. The van der Waals surface area contributed by atoms with Crippen LogP contribution in [0.4, 0.5) is 0 Å². The standard InChI is InChI=1S/C16H22N2O3/c19-15-9-13(17-16(20)12-7-8-21-11-12)10-18(15)14-5-3-1-2-4-6-14/h7-8,11,13-14H,1-6,9-10H2,(H,17,20)/t13-/m1/s1. The van der Waals surface area contributed by atoms with Crippen molar-refractivity contribution >= 4 is 11.8 Å². The molecular weight excluding hydrogens is 268 g/mol. The molecule has 2 aliphatic rings. The lowest BCUT2D eigenvalue weighted by Gasteiger charge is -2.27. The van der Waals surface area contributed by atoms with Gasteiger partial charge in [0.15, 0.2) is 0 Å². The summed E-state index contributed by atoms with van der Waals surface area (Å²) in [6.45, 7) is 0.646. The second-order valence-corrected chi connectivity index (χ2v) is 6.08. The minimum Gasteiger partial charge on any atom is -0.472 e. The van der Waals surface area contributed by atoms with E-state index in [-0.39, 0.29) is 17.9 Å². The second kappa shape index (κ2) is 6.33. The molecule has 1 aliphatic heterocycles. The first-order valence-electron chi connectivity index (χ1n) is 7.86. The third kappa shape index (κ3) is 3.28. The molecule has 2 heterocycles. The summed E-state index contributed by atoms with van der Waals surface area (Å²) in [5, 5.41) is 2.93. The van der Waals surface area contributed by atoms with Crippen LogP contribution in [0, 0.1) is 0 Å². The summed E-state index contributed by atoms with van der Waals surface area (Å²) in [5.41, 5.74) is 0.510. The van der Waals surface area contributed by atoms with E-state index in [1.807, 2.05) is 4.90 Å². The zero-order valence-electron chi connectivity index (χ0n) is 12.2. The Morgan fingerprint density at radius 3 is 2.67 bits per heavy atom. The summed E-state index contributed by atoms with van der Waals surface area (Å²) in [6.07, 6.45) is 10.5. The molecule has 1 aliphatic carbocycles. The maximum atomic E-state index is 12.2. The number of hydrogen-bond donors (Lipinski definition) is 1. The molecule has 114 valence electrons. The lowest BCUT2D eigenvalue weighted by atomic mass is 10.1. The fourth-order valence-corrected chi connectivity index (χ4v) is 3.41. The van der Waals surface area contributed by atoms with E-state index in [9.17, 15) is 9.59 Å². The first kappa shape index (κ1) is 14.2. The average Bonchev–Trinajstić information content (AvgIpc) is 3.03. The molecule has 0 bridgehead atoms. The molecular formula is C16H22N2O3. The summed E-state index contributed by atoms with van der Waals surface area (Å²) in [6, 6.07) is 1.92. The summed E-state index contributed by atoms with van der Waals surface area (Å²) in [7, 11) is 0. The van der Waals surface area contributed by atoms with E-state index in [4.69, 9.17) is 4.42 Å². The third-order valence-corrected chi connectivity index (χ3v) is 4.54. The molecule has 1 aromatic heterocycles. The van der Waals surface area contributed by atoms with E-state index >= 15 is 0 Å². The Bertz CT molecular complexity index is 490. The van der Waals surface area contributed by atoms with E-state index in [0.717, 1.165) is 12.8 Å². The molecule has 1 atom stereocenters. The van der Waals surface area contributed by atoms with Crippen LogP contribution in [0.3, 0.4) is 0 Å². The van der Waals surface area contributed by atoms with Gasteiger partial charge in [0.2, 0.25) is 5.91 Å². The monoisotopic (exact) mass is 290 g/mol. The maximum Gasteiger partial charge on any atom is 0.254 e. The highest BCUT2D eigenvalue weighted by Crippen LogP contribution is 2.25. The zero-order chi connectivity index (χ0) is 14.7. The molecule has 0 aromatic carbocycles. The van der Waals surface area contributed by atoms with Gasteiger partial charge in [0.25, 0.3) is 5.91 Å². The van der Waals surface area contributed by atoms with Crippen LogP contribution in [0.2, 0.25) is 0 Å². The first-order valence-corrected chi connectivity index (χ1v) is 7.86. The van der Waals surface area contributed by atoms with E-state index in [1.165, 1.54) is 38.2 Å². The van der Waals surface area contributed by atoms with Crippen LogP contribution in [-0.2, 0) is 4.79 Å². The SMILES string of the molecule is O=C(N[C@@H]1CC(=O)N(C2CCCCCC2)C1)c1ccoc1. The Kier molecular flexibility index (Phi) is 4.27. The van der Waals surface area contributed by atoms with Crippen molar-refractivity contribution in [3.8, 4) is 0 Å². The van der Waals surface area contributed by atoms with Crippen LogP contribution >= 0.6 is 0 Å². The summed E-state index contributed by atoms with van der Waals surface area (Å²) in [4.78, 5) is 26.2. The fraction of sp³-hybridized carbons (Fsp3) is 0.625. The highest BCUT2D eigenvalue weighted by molar-refractivity contribution is 5.94. The number of nitrogens with one attached hydrogen (secondary N) is 1. The number of carbonyl (C=O) groups is 2. The molecule has 21 heavy (non-hydrogen) atoms. The predicted molar refractivity (Wildman–Crippen MR) is 77.8 cm³/mol. The number of likely N-dealkylation sites (tertiary alicyclic amines) is 1. The van der Waals surface area contributed by atoms with Crippen molar-refractivity contribution in [1.29, 1.82) is 0 Å². The maximum absolute atomic E-state index is 12.2. The number of amides is 2. The highest BCUT2D eigenvalue weighted by atomic mass is 16.3. The number of furan rings is 1. The molecule has 5 nitrogen and oxygen atoms in total. The van der Waals surface area contributed by atoms with E-state index in [1.54, 1.807) is 6.07 Å². The molecule has 1 N–H and O–H groups in total. The summed E-state index contributed by atoms with van der Waals surface area (Å²) < 4.78 is 4.91. The molecule has 0 radical (unpaired) electrons. The van der Waals surface area contributed by atoms with Gasteiger partial charge in [-0.3, -0.25) is 9.59 Å². The summed E-state index contributed by atoms with van der Waals surface area (Å²) in [5.74, 6) is 0.0173. The van der Waals surface area contributed by atoms with Crippen molar-refractivity contribution in [3.63, 3.8) is 0 Å². The number of hydrogen-bond acceptors (Lipinski definition) is 3. The Hall–Kier alpha value is -1.78. The largest absolute Gasteiger partial charge is 0.472 e. The topological polar surface area (TPSA) is 62.6 Å². The second-order valence-electron chi connectivity index (χ2n) is 6.08. The first-order chi connectivity index (χ1) is 10.2. The molecule has 5 heteroatoms. The Labute approximate surface area is 124 Å². The van der Waals surface area contributed by atoms with Crippen LogP contribution in [0.15, 0.2) is 23.0 Å². The van der Waals surface area contributed by atoms with Crippen LogP contribution in [0.5, 0.6) is 0 Å². The Balaban J connectivity index is 1.57. The van der Waals surface area contributed by atoms with Crippen molar-refractivity contribution in [2.24, 2.45) is 0 Å². The smallest absolute Gasteiger partial charge is 0.254 e. The molecule has 0 spiro atoms. The van der Waals surface area contributed by atoms with Crippen LogP contribution in [-0.4, -0.2) is 35.3 Å². The van der Waals surface area contributed by atoms with Crippen LogP contribution in [0.1, 0.15) is 55.3 Å². The van der Waals surface area contributed by atoms with Gasteiger partial charge >= 0.3 is 0 Å². The highest BCUT2D eigenvalue weighted by Gasteiger charge is 2.35. The molecule has 0 unspecified atom stereocenters. The van der Waals surface area contributed by atoms with E-state index in [0.29, 0.717) is 24.6 Å². The van der Waals surface area contributed by atoms with Gasteiger partial charge in [0.05, 0.1) is 17.9 Å². The molecule has 1 saturated carbocycles. The quantitative estimate of drug-likeness (QED) is 0.869. The van der Waals surface area contributed by atoms with Gasteiger partial charge in [-0.25, -0.2) is 0 Å². The fourth-order valence-electron chi connectivity index (χ4n) is 3.41. The predicted octanol–water partition coefficient (Wildman–Crippen LogP) is 2.33. The third-order valence-electron chi connectivity index (χ3n) is 4.54. The van der Waals surface area contributed by atoms with E-state index in [2.05, 4.69) is 5.32 Å². The normalized spacial score (nSPS) is 24.1. The van der Waals surface area contributed by atoms with Gasteiger partial charge < -0.3 is 14.6 Å². The number of rotatable bonds is 3. The van der Waals surface area contributed by atoms with Crippen molar-refractivity contribution < 1.29 is 14.0 Å². The zero-order valence-corrected chi connectivity index (χ0v) is 12.2. The van der Waals surface area contributed by atoms with Gasteiger partial charge in [-0.05, 0) is 18.9 Å². The number of carbonyl (C=O) groups excluding carboxylic acids is 2. The van der Waals surface area contributed by atoms with Crippen LogP contribution < -0.4 is 5.32 Å². The average molecular weight is 290 g/mol. The molecule has 2 fully saturated rings. The van der Waals surface area contributed by atoms with Crippen molar-refractivity contribution in [2.45, 2.75) is 57.0 Å².